The molecule has 4 heterocycles. The highest BCUT2D eigenvalue weighted by Crippen LogP contribution is 2.40. The molecule has 5 rings (SSSR count). The van der Waals surface area contributed by atoms with E-state index in [0.29, 0.717) is 35.4 Å². The second-order valence-corrected chi connectivity index (χ2v) is 7.61. The van der Waals surface area contributed by atoms with E-state index in [0.717, 1.165) is 18.5 Å². The van der Waals surface area contributed by atoms with Crippen molar-refractivity contribution in [1.82, 2.24) is 14.9 Å². The first-order chi connectivity index (χ1) is 15.0. The number of anilines is 1. The Bertz CT molecular complexity index is 1210. The fraction of sp³-hybridized carbons (Fsp3) is 0.333. The number of hydrogen-bond acceptors (Lipinski definition) is 7. The summed E-state index contributed by atoms with van der Waals surface area (Å²) in [6.45, 7) is 3.72. The van der Waals surface area contributed by atoms with Crippen LogP contribution in [-0.4, -0.2) is 38.4 Å². The predicted molar refractivity (Wildman–Crippen MR) is 111 cm³/mol. The number of carbonyl (C=O) groups excluding carboxylic acids is 2. The standard InChI is InChI=1S/C21H20N6O4/c1-3-13-11(2)22-21(24-19(13)28)27-18(10-14(25-27)12-6-7-12)23-20(29)15-9-17(31-26-15)16-5-4-8-30-16/h4-5,8-10,12-13H,3,6-7H2,1-2H3,(H,23,29). The summed E-state index contributed by atoms with van der Waals surface area (Å²) in [6.07, 6.45) is 4.20. The summed E-state index contributed by atoms with van der Waals surface area (Å²) in [5.74, 6) is 0.593. The summed E-state index contributed by atoms with van der Waals surface area (Å²) in [7, 11) is 0. The molecule has 1 aliphatic carbocycles. The van der Waals surface area contributed by atoms with Crippen LogP contribution in [0, 0.1) is 5.92 Å². The summed E-state index contributed by atoms with van der Waals surface area (Å²) in [6, 6.07) is 6.70. The molecule has 0 radical (unpaired) electrons. The molecule has 0 saturated heterocycles. The van der Waals surface area contributed by atoms with Gasteiger partial charge in [0.1, 0.15) is 5.82 Å². The van der Waals surface area contributed by atoms with Crippen LogP contribution in [0.1, 0.15) is 55.2 Å². The van der Waals surface area contributed by atoms with E-state index in [1.807, 2.05) is 6.92 Å². The van der Waals surface area contributed by atoms with E-state index in [1.165, 1.54) is 17.0 Å². The maximum absolute atomic E-state index is 12.8. The normalized spacial score (nSPS) is 18.6. The van der Waals surface area contributed by atoms with Crippen LogP contribution < -0.4 is 5.32 Å². The molecule has 3 aromatic rings. The quantitative estimate of drug-likeness (QED) is 0.673. The van der Waals surface area contributed by atoms with Crippen molar-refractivity contribution in [2.45, 2.75) is 39.0 Å². The van der Waals surface area contributed by atoms with E-state index in [9.17, 15) is 9.59 Å². The molecule has 3 aromatic heterocycles. The molecule has 0 aromatic carbocycles. The number of nitrogens with one attached hydrogen (secondary N) is 1. The van der Waals surface area contributed by atoms with Gasteiger partial charge in [0, 0.05) is 23.8 Å². The van der Waals surface area contributed by atoms with Crippen LogP contribution in [0.5, 0.6) is 0 Å². The number of rotatable bonds is 5. The van der Waals surface area contributed by atoms with Crippen LogP contribution >= 0.6 is 0 Å². The van der Waals surface area contributed by atoms with Gasteiger partial charge in [-0.15, -0.1) is 0 Å². The van der Waals surface area contributed by atoms with E-state index >= 15 is 0 Å². The van der Waals surface area contributed by atoms with Crippen molar-refractivity contribution in [1.29, 1.82) is 0 Å². The molecular formula is C21H20N6O4. The van der Waals surface area contributed by atoms with Crippen molar-refractivity contribution in [3.63, 3.8) is 0 Å². The molecule has 0 bridgehead atoms. The van der Waals surface area contributed by atoms with Gasteiger partial charge in [-0.2, -0.15) is 14.8 Å². The summed E-state index contributed by atoms with van der Waals surface area (Å²) in [5, 5.41) is 11.2. The number of nitrogens with zero attached hydrogens (tertiary/aromatic N) is 5. The van der Waals surface area contributed by atoms with Crippen molar-refractivity contribution in [3.05, 3.63) is 41.9 Å². The number of carbonyl (C=O) groups is 2. The molecule has 1 saturated carbocycles. The molecule has 158 valence electrons. The van der Waals surface area contributed by atoms with Gasteiger partial charge in [-0.05, 0) is 38.3 Å². The molecule has 31 heavy (non-hydrogen) atoms. The van der Waals surface area contributed by atoms with Gasteiger partial charge in [-0.3, -0.25) is 9.59 Å². The predicted octanol–water partition coefficient (Wildman–Crippen LogP) is 3.49. The molecule has 1 unspecified atom stereocenters. The Hall–Kier alpha value is -3.82. The number of amides is 2. The maximum Gasteiger partial charge on any atom is 0.279 e. The first-order valence-electron chi connectivity index (χ1n) is 10.1. The summed E-state index contributed by atoms with van der Waals surface area (Å²) in [5.41, 5.74) is 1.59. The Morgan fingerprint density at radius 1 is 1.26 bits per heavy atom. The van der Waals surface area contributed by atoms with Crippen LogP contribution in [0.4, 0.5) is 5.82 Å². The minimum Gasteiger partial charge on any atom is -0.461 e. The smallest absolute Gasteiger partial charge is 0.279 e. The molecule has 10 nitrogen and oxygen atoms in total. The maximum atomic E-state index is 12.8. The minimum absolute atomic E-state index is 0.0829. The first kappa shape index (κ1) is 19.2. The third kappa shape index (κ3) is 3.60. The van der Waals surface area contributed by atoms with E-state index < -0.39 is 5.91 Å². The zero-order valence-corrected chi connectivity index (χ0v) is 17.0. The summed E-state index contributed by atoms with van der Waals surface area (Å²) >= 11 is 0. The van der Waals surface area contributed by atoms with E-state index in [2.05, 4.69) is 25.6 Å². The Balaban J connectivity index is 1.44. The van der Waals surface area contributed by atoms with E-state index in [-0.39, 0.29) is 23.5 Å². The fourth-order valence-corrected chi connectivity index (χ4v) is 3.50. The average Bonchev–Trinajstić information content (AvgIpc) is 3.13. The lowest BCUT2D eigenvalue weighted by molar-refractivity contribution is -0.119. The molecule has 1 atom stereocenters. The second kappa shape index (κ2) is 7.46. The molecule has 2 amide bonds. The molecule has 2 aliphatic rings. The van der Waals surface area contributed by atoms with Crippen LogP contribution in [-0.2, 0) is 4.79 Å². The second-order valence-electron chi connectivity index (χ2n) is 7.61. The van der Waals surface area contributed by atoms with Crippen LogP contribution in [0.2, 0.25) is 0 Å². The molecule has 10 heteroatoms. The highest BCUT2D eigenvalue weighted by atomic mass is 16.5. The van der Waals surface area contributed by atoms with Crippen LogP contribution in [0.25, 0.3) is 11.5 Å². The number of hydrogen-bond donors (Lipinski definition) is 1. The van der Waals surface area contributed by atoms with Crippen molar-refractivity contribution < 1.29 is 18.5 Å². The molecule has 1 N–H and O–H groups in total. The number of aliphatic imine (C=N–C) groups is 2. The van der Waals surface area contributed by atoms with Crippen LogP contribution in [0.3, 0.4) is 0 Å². The van der Waals surface area contributed by atoms with E-state index in [4.69, 9.17) is 8.94 Å². The first-order valence-corrected chi connectivity index (χ1v) is 10.1. The van der Waals surface area contributed by atoms with Gasteiger partial charge >= 0.3 is 0 Å². The fourth-order valence-electron chi connectivity index (χ4n) is 3.50. The van der Waals surface area contributed by atoms with Gasteiger partial charge in [-0.1, -0.05) is 12.1 Å². The Labute approximate surface area is 177 Å². The topological polar surface area (TPSA) is 128 Å². The Morgan fingerprint density at radius 2 is 2.10 bits per heavy atom. The van der Waals surface area contributed by atoms with Gasteiger partial charge in [0.25, 0.3) is 17.8 Å². The number of aromatic nitrogens is 3. The monoisotopic (exact) mass is 420 g/mol. The zero-order chi connectivity index (χ0) is 21.5. The Morgan fingerprint density at radius 3 is 2.77 bits per heavy atom. The Kier molecular flexibility index (Phi) is 4.61. The molecule has 1 aliphatic heterocycles. The van der Waals surface area contributed by atoms with Crippen molar-refractivity contribution in [3.8, 4) is 11.5 Å². The lowest BCUT2D eigenvalue weighted by atomic mass is 10.00. The third-order valence-electron chi connectivity index (χ3n) is 5.36. The molecule has 1 fully saturated rings. The largest absolute Gasteiger partial charge is 0.461 e. The molecule has 0 spiro atoms. The van der Waals surface area contributed by atoms with E-state index in [1.54, 1.807) is 25.1 Å². The van der Waals surface area contributed by atoms with Crippen molar-refractivity contribution >= 4 is 29.3 Å². The van der Waals surface area contributed by atoms with Crippen LogP contribution in [0.15, 0.2) is 49.5 Å². The highest BCUT2D eigenvalue weighted by Gasteiger charge is 2.31. The van der Waals surface area contributed by atoms with Gasteiger partial charge in [0.05, 0.1) is 17.9 Å². The highest BCUT2D eigenvalue weighted by molar-refractivity contribution is 6.15. The average molecular weight is 420 g/mol. The van der Waals surface area contributed by atoms with Crippen molar-refractivity contribution in [2.75, 3.05) is 5.32 Å². The lowest BCUT2D eigenvalue weighted by Crippen LogP contribution is -2.30. The SMILES string of the molecule is CCC1C(=O)N=C(n2nc(C3CC3)cc2NC(=O)c2cc(-c3ccco3)on2)N=C1C. The van der Waals surface area contributed by atoms with Gasteiger partial charge < -0.3 is 14.3 Å². The molecular weight excluding hydrogens is 400 g/mol. The van der Waals surface area contributed by atoms with Gasteiger partial charge in [-0.25, -0.2) is 4.99 Å². The van der Waals surface area contributed by atoms with Crippen molar-refractivity contribution in [2.24, 2.45) is 15.9 Å². The summed E-state index contributed by atoms with van der Waals surface area (Å²) in [4.78, 5) is 33.8. The van der Waals surface area contributed by atoms with Gasteiger partial charge in [0.2, 0.25) is 5.76 Å². The third-order valence-corrected chi connectivity index (χ3v) is 5.36. The number of furan rings is 1. The lowest BCUT2D eigenvalue weighted by Gasteiger charge is -2.17. The summed E-state index contributed by atoms with van der Waals surface area (Å²) < 4.78 is 11.9. The van der Waals surface area contributed by atoms with Gasteiger partial charge in [0.15, 0.2) is 11.5 Å². The minimum atomic E-state index is -0.486. The zero-order valence-electron chi connectivity index (χ0n) is 17.0.